The molecule has 0 fully saturated rings. The van der Waals surface area contributed by atoms with Gasteiger partial charge in [-0.05, 0) is 46.1 Å². The number of nitro groups is 1. The Bertz CT molecular complexity index is 743. The van der Waals surface area contributed by atoms with Crippen LogP contribution in [0.3, 0.4) is 0 Å². The summed E-state index contributed by atoms with van der Waals surface area (Å²) in [5.41, 5.74) is 0.0644. The Labute approximate surface area is 203 Å². The molecule has 0 aliphatic rings. The fraction of sp³-hybridized carbons (Fsp3) is 0.696. The zero-order valence-electron chi connectivity index (χ0n) is 21.1. The molecule has 0 radical (unpaired) electrons. The van der Waals surface area contributed by atoms with Crippen molar-refractivity contribution in [2.45, 2.75) is 72.5 Å². The third-order valence-electron chi connectivity index (χ3n) is 4.91. The summed E-state index contributed by atoms with van der Waals surface area (Å²) in [7, 11) is -1.28. The molecule has 34 heavy (non-hydrogen) atoms. The summed E-state index contributed by atoms with van der Waals surface area (Å²) >= 11 is 0. The molecule has 0 aliphatic heterocycles. The summed E-state index contributed by atoms with van der Waals surface area (Å²) in [6.07, 6.45) is 3.18. The van der Waals surface area contributed by atoms with Gasteiger partial charge in [0.25, 0.3) is 5.69 Å². The number of rotatable bonds is 19. The van der Waals surface area contributed by atoms with Gasteiger partial charge in [-0.3, -0.25) is 14.9 Å². The number of benzene rings is 1. The standard InChI is InChI=1S/C23H39NO9Si/c1-6-10-14-29-22-17-20(24(26)27)19(16-21(22)28-5)18-30-23(25)13-11-12-15-34(31-7-2,32-8-3)33-9-4/h16-17H,6-15,18H2,1-5H3. The summed E-state index contributed by atoms with van der Waals surface area (Å²) in [4.78, 5) is 23.3. The van der Waals surface area contributed by atoms with Gasteiger partial charge in [0, 0.05) is 32.3 Å². The van der Waals surface area contributed by atoms with Gasteiger partial charge in [-0.15, -0.1) is 0 Å². The van der Waals surface area contributed by atoms with Crippen molar-refractivity contribution in [1.29, 1.82) is 0 Å². The Balaban J connectivity index is 2.69. The average molecular weight is 502 g/mol. The predicted octanol–water partition coefficient (Wildman–Crippen LogP) is 5.04. The number of ether oxygens (including phenoxy) is 3. The van der Waals surface area contributed by atoms with Crippen LogP contribution in [0.25, 0.3) is 0 Å². The van der Waals surface area contributed by atoms with E-state index in [1.54, 1.807) is 0 Å². The normalized spacial score (nSPS) is 11.3. The highest BCUT2D eigenvalue weighted by Gasteiger charge is 2.39. The second kappa shape index (κ2) is 16.4. The van der Waals surface area contributed by atoms with Crippen molar-refractivity contribution in [3.63, 3.8) is 0 Å². The molecule has 0 atom stereocenters. The van der Waals surface area contributed by atoms with Gasteiger partial charge < -0.3 is 27.5 Å². The highest BCUT2D eigenvalue weighted by molar-refractivity contribution is 6.60. The van der Waals surface area contributed by atoms with Crippen molar-refractivity contribution < 1.29 is 37.2 Å². The molecule has 0 heterocycles. The minimum Gasteiger partial charge on any atom is -0.493 e. The first-order valence-electron chi connectivity index (χ1n) is 11.9. The van der Waals surface area contributed by atoms with Crippen molar-refractivity contribution in [1.82, 2.24) is 0 Å². The zero-order valence-corrected chi connectivity index (χ0v) is 22.1. The Morgan fingerprint density at radius 3 is 2.15 bits per heavy atom. The molecule has 10 nitrogen and oxygen atoms in total. The number of hydrogen-bond donors (Lipinski definition) is 0. The summed E-state index contributed by atoms with van der Waals surface area (Å²) < 4.78 is 33.7. The van der Waals surface area contributed by atoms with Crippen LogP contribution in [0.15, 0.2) is 12.1 Å². The monoisotopic (exact) mass is 501 g/mol. The van der Waals surface area contributed by atoms with Crippen molar-refractivity contribution in [3.05, 3.63) is 27.8 Å². The maximum atomic E-state index is 12.3. The highest BCUT2D eigenvalue weighted by Crippen LogP contribution is 2.35. The quantitative estimate of drug-likeness (QED) is 0.0844. The summed E-state index contributed by atoms with van der Waals surface area (Å²) in [6, 6.07) is 3.41. The van der Waals surface area contributed by atoms with E-state index in [2.05, 4.69) is 0 Å². The van der Waals surface area contributed by atoms with Gasteiger partial charge in [-0.25, -0.2) is 0 Å². The number of esters is 1. The number of carbonyl (C=O) groups is 1. The number of nitro benzene ring substituents is 1. The van der Waals surface area contributed by atoms with Crippen LogP contribution < -0.4 is 9.47 Å². The fourth-order valence-electron chi connectivity index (χ4n) is 3.32. The van der Waals surface area contributed by atoms with Gasteiger partial charge in [0.05, 0.1) is 30.3 Å². The maximum absolute atomic E-state index is 12.3. The molecule has 1 aromatic carbocycles. The van der Waals surface area contributed by atoms with Crippen LogP contribution in [0.5, 0.6) is 11.5 Å². The van der Waals surface area contributed by atoms with Crippen molar-refractivity contribution >= 4 is 20.5 Å². The van der Waals surface area contributed by atoms with E-state index >= 15 is 0 Å². The Kier molecular flexibility index (Phi) is 14.4. The largest absolute Gasteiger partial charge is 0.500 e. The third kappa shape index (κ3) is 9.96. The van der Waals surface area contributed by atoms with Crippen LogP contribution in [0, 0.1) is 10.1 Å². The molecule has 0 aliphatic carbocycles. The molecule has 0 aromatic heterocycles. The van der Waals surface area contributed by atoms with Crippen LogP contribution in [0.4, 0.5) is 5.69 Å². The van der Waals surface area contributed by atoms with E-state index < -0.39 is 19.7 Å². The molecule has 1 aromatic rings. The van der Waals surface area contributed by atoms with E-state index in [1.165, 1.54) is 19.2 Å². The van der Waals surface area contributed by atoms with Crippen molar-refractivity contribution in [3.8, 4) is 11.5 Å². The Morgan fingerprint density at radius 1 is 0.971 bits per heavy atom. The second-order valence-corrected chi connectivity index (χ2v) is 10.2. The van der Waals surface area contributed by atoms with Crippen LogP contribution in [-0.4, -0.2) is 53.2 Å². The van der Waals surface area contributed by atoms with Gasteiger partial charge in [0.1, 0.15) is 6.61 Å². The summed E-state index contributed by atoms with van der Waals surface area (Å²) in [5, 5.41) is 11.5. The van der Waals surface area contributed by atoms with E-state index in [-0.39, 0.29) is 24.3 Å². The van der Waals surface area contributed by atoms with E-state index in [0.717, 1.165) is 12.8 Å². The second-order valence-electron chi connectivity index (χ2n) is 7.44. The smallest absolute Gasteiger partial charge is 0.493 e. The minimum atomic E-state index is -2.74. The van der Waals surface area contributed by atoms with Crippen LogP contribution >= 0.6 is 0 Å². The van der Waals surface area contributed by atoms with E-state index in [4.69, 9.17) is 27.5 Å². The molecule has 1 rings (SSSR count). The topological polar surface area (TPSA) is 116 Å². The molecule has 11 heteroatoms. The SMILES string of the molecule is CCCCOc1cc([N+](=O)[O-])c(COC(=O)CCCC[Si](OCC)(OCC)OCC)cc1OC. The summed E-state index contributed by atoms with van der Waals surface area (Å²) in [6.45, 7) is 9.42. The Morgan fingerprint density at radius 2 is 1.62 bits per heavy atom. The van der Waals surface area contributed by atoms with E-state index in [1.807, 2.05) is 27.7 Å². The highest BCUT2D eigenvalue weighted by atomic mass is 28.4. The molecule has 0 amide bonds. The fourth-order valence-corrected chi connectivity index (χ4v) is 6.00. The first kappa shape index (κ1) is 29.8. The molecule has 0 saturated carbocycles. The Hall–Kier alpha value is -2.21. The first-order valence-corrected chi connectivity index (χ1v) is 13.8. The van der Waals surface area contributed by atoms with Gasteiger partial charge in [0.15, 0.2) is 11.5 Å². The third-order valence-corrected chi connectivity index (χ3v) is 8.06. The lowest BCUT2D eigenvalue weighted by molar-refractivity contribution is -0.385. The number of nitrogens with zero attached hydrogens (tertiary/aromatic N) is 1. The first-order chi connectivity index (χ1) is 16.4. The molecule has 0 saturated heterocycles. The molecular formula is C23H39NO9Si. The molecule has 194 valence electrons. The van der Waals surface area contributed by atoms with Crippen molar-refractivity contribution in [2.24, 2.45) is 0 Å². The lowest BCUT2D eigenvalue weighted by Gasteiger charge is -2.28. The molecule has 0 bridgehead atoms. The van der Waals surface area contributed by atoms with Crippen LogP contribution in [0.2, 0.25) is 6.04 Å². The lowest BCUT2D eigenvalue weighted by atomic mass is 10.1. The van der Waals surface area contributed by atoms with E-state index in [0.29, 0.717) is 56.8 Å². The molecule has 0 spiro atoms. The minimum absolute atomic E-state index is 0.179. The average Bonchev–Trinajstić information content (AvgIpc) is 2.81. The number of carbonyl (C=O) groups excluding carboxylic acids is 1. The van der Waals surface area contributed by atoms with Gasteiger partial charge in [-0.2, -0.15) is 0 Å². The predicted molar refractivity (Wildman–Crippen MR) is 129 cm³/mol. The molecule has 0 N–H and O–H groups in total. The zero-order chi connectivity index (χ0) is 25.4. The number of unbranched alkanes of at least 4 members (excludes halogenated alkanes) is 2. The number of methoxy groups -OCH3 is 1. The number of hydrogen-bond acceptors (Lipinski definition) is 9. The molecule has 0 unspecified atom stereocenters. The van der Waals surface area contributed by atoms with Gasteiger partial charge >= 0.3 is 14.8 Å². The van der Waals surface area contributed by atoms with Crippen LogP contribution in [0.1, 0.15) is 65.4 Å². The van der Waals surface area contributed by atoms with Gasteiger partial charge in [-0.1, -0.05) is 13.3 Å². The maximum Gasteiger partial charge on any atom is 0.500 e. The van der Waals surface area contributed by atoms with E-state index in [9.17, 15) is 14.9 Å². The van der Waals surface area contributed by atoms with Crippen molar-refractivity contribution in [2.75, 3.05) is 33.5 Å². The lowest BCUT2D eigenvalue weighted by Crippen LogP contribution is -2.45. The van der Waals surface area contributed by atoms with Gasteiger partial charge in [0.2, 0.25) is 0 Å². The van der Waals surface area contributed by atoms with Crippen LogP contribution in [-0.2, 0) is 29.4 Å². The summed E-state index contributed by atoms with van der Waals surface area (Å²) in [5.74, 6) is 0.216. The molecular weight excluding hydrogens is 462 g/mol.